The maximum atomic E-state index is 13.5. The summed E-state index contributed by atoms with van der Waals surface area (Å²) >= 11 is 0. The van der Waals surface area contributed by atoms with Gasteiger partial charge in [-0.05, 0) is 23.8 Å². The second-order valence-electron chi connectivity index (χ2n) is 7.38. The lowest BCUT2D eigenvalue weighted by Gasteiger charge is -2.20. The van der Waals surface area contributed by atoms with Crippen LogP contribution in [-0.4, -0.2) is 47.1 Å². The highest BCUT2D eigenvalue weighted by molar-refractivity contribution is 6.01. The Morgan fingerprint density at radius 1 is 1.13 bits per heavy atom. The number of pyridine rings is 1. The van der Waals surface area contributed by atoms with Gasteiger partial charge < -0.3 is 15.1 Å². The lowest BCUT2D eigenvalue weighted by molar-refractivity contribution is -0.140. The summed E-state index contributed by atoms with van der Waals surface area (Å²) < 4.78 is 13.5. The average Bonchev–Trinajstić information content (AvgIpc) is 2.71. The lowest BCUT2D eigenvalue weighted by Crippen LogP contribution is -2.15. The average molecular weight is 422 g/mol. The number of ketones is 1. The molecule has 0 aliphatic rings. The number of benzene rings is 2. The number of nitrogens with zero attached hydrogens (tertiary/aromatic N) is 2. The van der Waals surface area contributed by atoms with E-state index in [4.69, 9.17) is 10.1 Å². The van der Waals surface area contributed by atoms with Crippen molar-refractivity contribution in [2.24, 2.45) is 0 Å². The van der Waals surface area contributed by atoms with Crippen LogP contribution in [0.4, 0.5) is 10.2 Å². The van der Waals surface area contributed by atoms with Crippen LogP contribution in [0.15, 0.2) is 54.6 Å². The zero-order valence-electron chi connectivity index (χ0n) is 17.2. The molecule has 1 atom stereocenters. The number of aliphatic hydroxyl groups is 1. The molecule has 0 saturated carbocycles. The van der Waals surface area contributed by atoms with Gasteiger partial charge in [0.05, 0.1) is 11.6 Å². The van der Waals surface area contributed by atoms with Crippen molar-refractivity contribution in [3.05, 3.63) is 66.0 Å². The number of halogens is 1. The van der Waals surface area contributed by atoms with E-state index in [1.54, 1.807) is 18.2 Å². The first-order chi connectivity index (χ1) is 14.8. The molecule has 0 spiro atoms. The van der Waals surface area contributed by atoms with Gasteiger partial charge in [0.15, 0.2) is 0 Å². The Balaban J connectivity index is 2.13. The fraction of sp³-hybridized carbons (Fsp3) is 0.208. The number of rotatable bonds is 8. The third-order valence-corrected chi connectivity index (χ3v) is 4.74. The van der Waals surface area contributed by atoms with Gasteiger partial charge in [0.2, 0.25) is 0 Å². The number of carbonyl (C=O) groups is 2. The summed E-state index contributed by atoms with van der Waals surface area (Å²) in [6.45, 7) is 0. The predicted octanol–water partition coefficient (Wildman–Crippen LogP) is 3.91. The number of anilines is 1. The predicted molar refractivity (Wildman–Crippen MR) is 118 cm³/mol. The minimum atomic E-state index is -1.23. The van der Waals surface area contributed by atoms with Gasteiger partial charge in [0.25, 0.3) is 0 Å². The number of hydrogen-bond acceptors (Lipinski definition) is 5. The van der Waals surface area contributed by atoms with E-state index < -0.39 is 24.3 Å². The molecule has 1 heterocycles. The van der Waals surface area contributed by atoms with Crippen molar-refractivity contribution < 1.29 is 24.2 Å². The van der Waals surface area contributed by atoms with Gasteiger partial charge in [-0.2, -0.15) is 0 Å². The molecular weight excluding hydrogens is 399 g/mol. The summed E-state index contributed by atoms with van der Waals surface area (Å²) in [5.74, 6) is -1.50. The molecule has 2 N–H and O–H groups in total. The SMILES string of the molecule is CN(C)c1nc2ccccc2c(-c2ccc(F)cc2)c1C=CC(O)CC(=O)CC(=O)O. The van der Waals surface area contributed by atoms with Crippen LogP contribution in [0.25, 0.3) is 28.1 Å². The fourth-order valence-corrected chi connectivity index (χ4v) is 3.39. The molecule has 3 aromatic rings. The Hall–Kier alpha value is -3.58. The lowest BCUT2D eigenvalue weighted by atomic mass is 9.94. The summed E-state index contributed by atoms with van der Waals surface area (Å²) in [6, 6.07) is 13.7. The maximum Gasteiger partial charge on any atom is 0.310 e. The number of aromatic nitrogens is 1. The molecule has 0 fully saturated rings. The second-order valence-corrected chi connectivity index (χ2v) is 7.38. The van der Waals surface area contributed by atoms with Crippen LogP contribution >= 0.6 is 0 Å². The van der Waals surface area contributed by atoms with E-state index in [1.165, 1.54) is 18.2 Å². The van der Waals surface area contributed by atoms with Crippen LogP contribution in [0.5, 0.6) is 0 Å². The molecule has 1 unspecified atom stereocenters. The van der Waals surface area contributed by atoms with Crippen molar-refractivity contribution in [2.45, 2.75) is 18.9 Å². The molecule has 1 aromatic heterocycles. The van der Waals surface area contributed by atoms with Gasteiger partial charge in [-0.1, -0.05) is 42.5 Å². The number of fused-ring (bicyclic) bond motifs is 1. The van der Waals surface area contributed by atoms with Crippen LogP contribution in [0.3, 0.4) is 0 Å². The molecule has 160 valence electrons. The highest BCUT2D eigenvalue weighted by Crippen LogP contribution is 2.37. The minimum Gasteiger partial charge on any atom is -0.481 e. The number of carbonyl (C=O) groups excluding carboxylic acids is 1. The van der Waals surface area contributed by atoms with E-state index in [0.717, 1.165) is 22.0 Å². The molecule has 6 nitrogen and oxygen atoms in total. The first-order valence-electron chi connectivity index (χ1n) is 9.72. The van der Waals surface area contributed by atoms with E-state index in [0.29, 0.717) is 11.4 Å². The summed E-state index contributed by atoms with van der Waals surface area (Å²) in [5.41, 5.74) is 3.05. The van der Waals surface area contributed by atoms with Gasteiger partial charge in [0, 0.05) is 37.0 Å². The van der Waals surface area contributed by atoms with E-state index in [1.807, 2.05) is 43.3 Å². The van der Waals surface area contributed by atoms with Crippen molar-refractivity contribution in [3.63, 3.8) is 0 Å². The first kappa shape index (κ1) is 22.1. The van der Waals surface area contributed by atoms with Crippen LogP contribution in [-0.2, 0) is 9.59 Å². The van der Waals surface area contributed by atoms with Crippen molar-refractivity contribution in [2.75, 3.05) is 19.0 Å². The van der Waals surface area contributed by atoms with E-state index in [-0.39, 0.29) is 12.2 Å². The molecule has 31 heavy (non-hydrogen) atoms. The highest BCUT2D eigenvalue weighted by Gasteiger charge is 2.17. The third-order valence-electron chi connectivity index (χ3n) is 4.74. The standard InChI is InChI=1S/C24H23FN2O4/c1-27(2)24-20(12-11-17(28)13-18(29)14-22(30)31)23(15-7-9-16(25)10-8-15)19-5-3-4-6-21(19)26-24/h3-12,17,28H,13-14H2,1-2H3,(H,30,31). The molecule has 0 radical (unpaired) electrons. The van der Waals surface area contributed by atoms with E-state index in [2.05, 4.69) is 0 Å². The number of aliphatic carboxylic acids is 1. The van der Waals surface area contributed by atoms with E-state index in [9.17, 15) is 19.1 Å². The van der Waals surface area contributed by atoms with Gasteiger partial charge in [0.1, 0.15) is 23.8 Å². The summed E-state index contributed by atoms with van der Waals surface area (Å²) in [4.78, 5) is 29.0. The fourth-order valence-electron chi connectivity index (χ4n) is 3.39. The van der Waals surface area contributed by atoms with Crippen molar-refractivity contribution in [1.29, 1.82) is 0 Å². The van der Waals surface area contributed by atoms with Gasteiger partial charge in [-0.3, -0.25) is 9.59 Å². The smallest absolute Gasteiger partial charge is 0.310 e. The topological polar surface area (TPSA) is 90.7 Å². The number of Topliss-reactive ketones (excluding diaryl/α,β-unsaturated/α-hetero) is 1. The number of carboxylic acid groups (broad SMARTS) is 1. The van der Waals surface area contributed by atoms with Crippen molar-refractivity contribution in [1.82, 2.24) is 4.98 Å². The Labute approximate surface area is 179 Å². The Kier molecular flexibility index (Phi) is 6.77. The van der Waals surface area contributed by atoms with Gasteiger partial charge in [-0.15, -0.1) is 0 Å². The van der Waals surface area contributed by atoms with Crippen LogP contribution in [0, 0.1) is 5.82 Å². The molecule has 2 aromatic carbocycles. The Morgan fingerprint density at radius 3 is 2.45 bits per heavy atom. The third kappa shape index (κ3) is 5.32. The number of carboxylic acids is 1. The van der Waals surface area contributed by atoms with Gasteiger partial charge >= 0.3 is 5.97 Å². The molecule has 0 amide bonds. The molecule has 3 rings (SSSR count). The quantitative estimate of drug-likeness (QED) is 0.535. The Morgan fingerprint density at radius 2 is 1.81 bits per heavy atom. The van der Waals surface area contributed by atoms with Crippen molar-refractivity contribution in [3.8, 4) is 11.1 Å². The number of aliphatic hydroxyl groups excluding tert-OH is 1. The zero-order chi connectivity index (χ0) is 22.5. The minimum absolute atomic E-state index is 0.299. The normalized spacial score (nSPS) is 12.3. The summed E-state index contributed by atoms with van der Waals surface area (Å²) in [5, 5.41) is 19.8. The van der Waals surface area contributed by atoms with Crippen molar-refractivity contribution >= 4 is 34.5 Å². The van der Waals surface area contributed by atoms with Crippen LogP contribution in [0.1, 0.15) is 18.4 Å². The van der Waals surface area contributed by atoms with E-state index >= 15 is 0 Å². The summed E-state index contributed by atoms with van der Waals surface area (Å²) in [7, 11) is 3.69. The van der Waals surface area contributed by atoms with Crippen LogP contribution < -0.4 is 4.90 Å². The zero-order valence-corrected chi connectivity index (χ0v) is 17.2. The molecular formula is C24H23FN2O4. The molecule has 0 saturated heterocycles. The van der Waals surface area contributed by atoms with Crippen LogP contribution in [0.2, 0.25) is 0 Å². The number of para-hydroxylation sites is 1. The maximum absolute atomic E-state index is 13.5. The second kappa shape index (κ2) is 9.49. The molecule has 0 aliphatic carbocycles. The highest BCUT2D eigenvalue weighted by atomic mass is 19.1. The van der Waals surface area contributed by atoms with Gasteiger partial charge in [-0.25, -0.2) is 9.37 Å². The summed E-state index contributed by atoms with van der Waals surface area (Å²) in [6.07, 6.45) is 1.05. The molecule has 7 heteroatoms. The molecule has 0 bridgehead atoms. The molecule has 0 aliphatic heterocycles. The first-order valence-corrected chi connectivity index (χ1v) is 9.72. The number of hydrogen-bond donors (Lipinski definition) is 2. The largest absolute Gasteiger partial charge is 0.481 e. The monoisotopic (exact) mass is 422 g/mol. The Bertz CT molecular complexity index is 1140.